The van der Waals surface area contributed by atoms with E-state index in [2.05, 4.69) is 0 Å². The number of hydrogen-bond donors (Lipinski definition) is 0. The fourth-order valence-electron chi connectivity index (χ4n) is 2.56. The Labute approximate surface area is 132 Å². The molecule has 118 valence electrons. The average molecular weight is 300 g/mol. The Kier molecular flexibility index (Phi) is 5.39. The lowest BCUT2D eigenvalue weighted by atomic mass is 10.2. The lowest BCUT2D eigenvalue weighted by Crippen LogP contribution is -2.39. The summed E-state index contributed by atoms with van der Waals surface area (Å²) in [6.45, 7) is 7.61. The normalized spacial score (nSPS) is 11.0. The van der Waals surface area contributed by atoms with Crippen LogP contribution in [-0.2, 0) is 11.3 Å². The molecule has 0 aliphatic carbocycles. The van der Waals surface area contributed by atoms with Crippen LogP contribution in [-0.4, -0.2) is 30.9 Å². The van der Waals surface area contributed by atoms with E-state index in [1.165, 1.54) is 0 Å². The van der Waals surface area contributed by atoms with Crippen molar-refractivity contribution < 1.29 is 9.21 Å². The molecular formula is C18H24N2O2. The molecule has 0 saturated heterocycles. The molecule has 0 bridgehead atoms. The van der Waals surface area contributed by atoms with Crippen LogP contribution in [0.3, 0.4) is 0 Å². The minimum Gasteiger partial charge on any atom is -0.465 e. The van der Waals surface area contributed by atoms with Gasteiger partial charge in [-0.15, -0.1) is 0 Å². The second kappa shape index (κ2) is 7.27. The number of nitrogens with zero attached hydrogens (tertiary/aromatic N) is 2. The molecule has 1 amide bonds. The topological polar surface area (TPSA) is 36.7 Å². The summed E-state index contributed by atoms with van der Waals surface area (Å²) in [6.07, 6.45) is 0. The van der Waals surface area contributed by atoms with Crippen LogP contribution in [0.25, 0.3) is 0 Å². The van der Waals surface area contributed by atoms with Gasteiger partial charge in [0.2, 0.25) is 5.91 Å². The first-order valence-electron chi connectivity index (χ1n) is 7.61. The summed E-state index contributed by atoms with van der Waals surface area (Å²) in [7, 11) is 1.93. The second-order valence-corrected chi connectivity index (χ2v) is 5.61. The van der Waals surface area contributed by atoms with Crippen molar-refractivity contribution in [1.29, 1.82) is 0 Å². The first kappa shape index (κ1) is 16.3. The van der Waals surface area contributed by atoms with E-state index in [9.17, 15) is 4.79 Å². The molecule has 22 heavy (non-hydrogen) atoms. The summed E-state index contributed by atoms with van der Waals surface area (Å²) in [5.74, 6) is 1.87. The van der Waals surface area contributed by atoms with E-state index in [4.69, 9.17) is 4.42 Å². The molecule has 0 fully saturated rings. The van der Waals surface area contributed by atoms with Crippen molar-refractivity contribution in [2.75, 3.05) is 25.0 Å². The highest BCUT2D eigenvalue weighted by Crippen LogP contribution is 2.19. The third-order valence-electron chi connectivity index (χ3n) is 3.65. The molecule has 0 saturated carbocycles. The van der Waals surface area contributed by atoms with Crippen LogP contribution >= 0.6 is 0 Å². The molecule has 0 unspecified atom stereocenters. The van der Waals surface area contributed by atoms with Gasteiger partial charge in [0, 0.05) is 12.2 Å². The molecule has 4 nitrogen and oxygen atoms in total. The summed E-state index contributed by atoms with van der Waals surface area (Å²) < 4.78 is 5.56. The second-order valence-electron chi connectivity index (χ2n) is 5.61. The van der Waals surface area contributed by atoms with Gasteiger partial charge in [-0.2, -0.15) is 0 Å². The molecule has 1 aromatic carbocycles. The molecule has 0 aliphatic heterocycles. The number of carbonyl (C=O) groups is 1. The van der Waals surface area contributed by atoms with Gasteiger partial charge in [0.15, 0.2) is 0 Å². The number of likely N-dealkylation sites (N-methyl/N-ethyl adjacent to an activating group) is 2. The zero-order valence-corrected chi connectivity index (χ0v) is 13.8. The summed E-state index contributed by atoms with van der Waals surface area (Å²) >= 11 is 0. The largest absolute Gasteiger partial charge is 0.465 e. The highest BCUT2D eigenvalue weighted by molar-refractivity contribution is 5.95. The maximum Gasteiger partial charge on any atom is 0.241 e. The smallest absolute Gasteiger partial charge is 0.241 e. The van der Waals surface area contributed by atoms with Crippen LogP contribution in [0, 0.1) is 13.8 Å². The van der Waals surface area contributed by atoms with Crippen LogP contribution in [0.4, 0.5) is 5.69 Å². The maximum atomic E-state index is 12.6. The van der Waals surface area contributed by atoms with Gasteiger partial charge in [-0.05, 0) is 51.6 Å². The quantitative estimate of drug-likeness (QED) is 0.820. The van der Waals surface area contributed by atoms with E-state index in [1.807, 2.05) is 74.0 Å². The van der Waals surface area contributed by atoms with Crippen LogP contribution in [0.5, 0.6) is 0 Å². The number of anilines is 1. The maximum absolute atomic E-state index is 12.6. The third kappa shape index (κ3) is 3.98. The first-order chi connectivity index (χ1) is 10.5. The van der Waals surface area contributed by atoms with Crippen molar-refractivity contribution in [3.63, 3.8) is 0 Å². The molecule has 0 aliphatic rings. The Balaban J connectivity index is 2.01. The highest BCUT2D eigenvalue weighted by Gasteiger charge is 2.17. The van der Waals surface area contributed by atoms with Gasteiger partial charge < -0.3 is 9.32 Å². The molecule has 1 aromatic heterocycles. The Hall–Kier alpha value is -2.07. The van der Waals surface area contributed by atoms with Crippen molar-refractivity contribution in [3.8, 4) is 0 Å². The van der Waals surface area contributed by atoms with E-state index in [0.29, 0.717) is 19.6 Å². The Bertz CT molecular complexity index is 634. The Morgan fingerprint density at radius 3 is 2.45 bits per heavy atom. The van der Waals surface area contributed by atoms with Crippen molar-refractivity contribution in [2.45, 2.75) is 27.3 Å². The molecule has 0 spiro atoms. The molecular weight excluding hydrogens is 276 g/mol. The van der Waals surface area contributed by atoms with Gasteiger partial charge in [-0.3, -0.25) is 9.69 Å². The SMILES string of the molecule is CCN(C(=O)CN(C)Cc1ccc(C)o1)c1ccccc1C. The van der Waals surface area contributed by atoms with Gasteiger partial charge in [0.25, 0.3) is 0 Å². The minimum absolute atomic E-state index is 0.0996. The molecule has 4 heteroatoms. The van der Waals surface area contributed by atoms with Crippen molar-refractivity contribution in [3.05, 3.63) is 53.5 Å². The third-order valence-corrected chi connectivity index (χ3v) is 3.65. The number of hydrogen-bond acceptors (Lipinski definition) is 3. The van der Waals surface area contributed by atoms with Crippen LogP contribution in [0.15, 0.2) is 40.8 Å². The van der Waals surface area contributed by atoms with Crippen molar-refractivity contribution >= 4 is 11.6 Å². The predicted molar refractivity (Wildman–Crippen MR) is 89.0 cm³/mol. The van der Waals surface area contributed by atoms with Crippen LogP contribution < -0.4 is 4.90 Å². The molecule has 0 N–H and O–H groups in total. The molecule has 0 radical (unpaired) electrons. The van der Waals surface area contributed by atoms with Crippen molar-refractivity contribution in [1.82, 2.24) is 4.90 Å². The van der Waals surface area contributed by atoms with Gasteiger partial charge in [0.05, 0.1) is 13.1 Å². The lowest BCUT2D eigenvalue weighted by Gasteiger charge is -2.25. The Morgan fingerprint density at radius 2 is 1.86 bits per heavy atom. The number of benzene rings is 1. The summed E-state index contributed by atoms with van der Waals surface area (Å²) in [6, 6.07) is 11.9. The fraction of sp³-hybridized carbons (Fsp3) is 0.389. The summed E-state index contributed by atoms with van der Waals surface area (Å²) in [5.41, 5.74) is 2.10. The van der Waals surface area contributed by atoms with Crippen molar-refractivity contribution in [2.24, 2.45) is 0 Å². The van der Waals surface area contributed by atoms with Crippen LogP contribution in [0.1, 0.15) is 24.0 Å². The van der Waals surface area contributed by atoms with E-state index in [1.54, 1.807) is 0 Å². The number of para-hydroxylation sites is 1. The molecule has 2 rings (SSSR count). The zero-order chi connectivity index (χ0) is 16.1. The number of carbonyl (C=O) groups excluding carboxylic acids is 1. The van der Waals surface area contributed by atoms with Gasteiger partial charge in [0.1, 0.15) is 11.5 Å². The zero-order valence-electron chi connectivity index (χ0n) is 13.8. The van der Waals surface area contributed by atoms with Gasteiger partial charge in [-0.1, -0.05) is 18.2 Å². The first-order valence-corrected chi connectivity index (χ1v) is 7.61. The minimum atomic E-state index is 0.0996. The van der Waals surface area contributed by atoms with E-state index in [-0.39, 0.29) is 5.91 Å². The number of furan rings is 1. The van der Waals surface area contributed by atoms with Gasteiger partial charge >= 0.3 is 0 Å². The summed E-state index contributed by atoms with van der Waals surface area (Å²) in [5, 5.41) is 0. The predicted octanol–water partition coefficient (Wildman–Crippen LogP) is 3.38. The average Bonchev–Trinajstić information content (AvgIpc) is 2.86. The van der Waals surface area contributed by atoms with E-state index >= 15 is 0 Å². The van der Waals surface area contributed by atoms with E-state index in [0.717, 1.165) is 22.8 Å². The summed E-state index contributed by atoms with van der Waals surface area (Å²) in [4.78, 5) is 16.4. The Morgan fingerprint density at radius 1 is 1.14 bits per heavy atom. The fourth-order valence-corrected chi connectivity index (χ4v) is 2.56. The van der Waals surface area contributed by atoms with Gasteiger partial charge in [-0.25, -0.2) is 0 Å². The monoisotopic (exact) mass is 300 g/mol. The van der Waals surface area contributed by atoms with Crippen LogP contribution in [0.2, 0.25) is 0 Å². The number of aryl methyl sites for hydroxylation is 2. The molecule has 0 atom stereocenters. The van der Waals surface area contributed by atoms with E-state index < -0.39 is 0 Å². The lowest BCUT2D eigenvalue weighted by molar-refractivity contribution is -0.119. The standard InChI is InChI=1S/C18H24N2O2/c1-5-20(17-9-7-6-8-14(17)2)18(21)13-19(4)12-16-11-10-15(3)22-16/h6-11H,5,12-13H2,1-4H3. The number of rotatable bonds is 6. The number of amides is 1. The highest BCUT2D eigenvalue weighted by atomic mass is 16.3. The molecule has 2 aromatic rings. The molecule has 1 heterocycles.